The van der Waals surface area contributed by atoms with Gasteiger partial charge in [-0.05, 0) is 43.2 Å². The first kappa shape index (κ1) is 17.5. The molecule has 0 aliphatic carbocycles. The third-order valence-corrected chi connectivity index (χ3v) is 3.38. The number of rotatable bonds is 7. The van der Waals surface area contributed by atoms with Crippen molar-refractivity contribution in [1.82, 2.24) is 5.32 Å². The van der Waals surface area contributed by atoms with Crippen LogP contribution in [0.2, 0.25) is 0 Å². The largest absolute Gasteiger partial charge is 0.506 e. The number of nitrogens with one attached hydrogen (secondary N) is 2. The number of amides is 2. The van der Waals surface area contributed by atoms with Crippen molar-refractivity contribution in [2.45, 2.75) is 13.3 Å². The summed E-state index contributed by atoms with van der Waals surface area (Å²) < 4.78 is 10.8. The maximum absolute atomic E-state index is 11.8. The summed E-state index contributed by atoms with van der Waals surface area (Å²) in [5.41, 5.74) is 1.40. The molecule has 0 fully saturated rings. The molecule has 128 valence electrons. The van der Waals surface area contributed by atoms with Gasteiger partial charge in [0.25, 0.3) is 0 Å². The molecule has 0 radical (unpaired) electrons. The molecule has 2 aromatic rings. The molecule has 6 heteroatoms. The summed E-state index contributed by atoms with van der Waals surface area (Å²) in [7, 11) is 1.60. The minimum absolute atomic E-state index is 0.0314. The molecule has 2 aromatic carbocycles. The van der Waals surface area contributed by atoms with Gasteiger partial charge in [-0.2, -0.15) is 0 Å². The van der Waals surface area contributed by atoms with Crippen LogP contribution in [-0.2, 0) is 6.42 Å². The molecule has 0 aromatic heterocycles. The van der Waals surface area contributed by atoms with Gasteiger partial charge in [0, 0.05) is 6.54 Å². The molecule has 0 atom stereocenters. The van der Waals surface area contributed by atoms with Crippen LogP contribution in [0.3, 0.4) is 0 Å². The topological polar surface area (TPSA) is 79.8 Å². The Labute approximate surface area is 141 Å². The first-order chi connectivity index (χ1) is 11.6. The number of anilines is 1. The fraction of sp³-hybridized carbons (Fsp3) is 0.278. The highest BCUT2D eigenvalue weighted by molar-refractivity contribution is 5.90. The van der Waals surface area contributed by atoms with Crippen molar-refractivity contribution in [2.24, 2.45) is 0 Å². The summed E-state index contributed by atoms with van der Waals surface area (Å²) in [5.74, 6) is 1.41. The van der Waals surface area contributed by atoms with Crippen LogP contribution in [0.25, 0.3) is 0 Å². The number of methoxy groups -OCH3 is 1. The molecule has 0 unspecified atom stereocenters. The van der Waals surface area contributed by atoms with Gasteiger partial charge in [-0.25, -0.2) is 4.79 Å². The van der Waals surface area contributed by atoms with E-state index in [1.54, 1.807) is 25.3 Å². The van der Waals surface area contributed by atoms with Crippen molar-refractivity contribution in [3.05, 3.63) is 48.0 Å². The molecule has 0 saturated heterocycles. The average Bonchev–Trinajstić information content (AvgIpc) is 2.58. The van der Waals surface area contributed by atoms with E-state index in [2.05, 4.69) is 10.6 Å². The number of carbonyl (C=O) groups is 1. The van der Waals surface area contributed by atoms with E-state index < -0.39 is 0 Å². The summed E-state index contributed by atoms with van der Waals surface area (Å²) >= 11 is 0. The van der Waals surface area contributed by atoms with Crippen LogP contribution in [0.5, 0.6) is 17.2 Å². The Hall–Kier alpha value is -2.89. The fourth-order valence-electron chi connectivity index (χ4n) is 2.21. The molecule has 2 rings (SSSR count). The second kappa shape index (κ2) is 8.67. The number of ether oxygens (including phenoxy) is 2. The second-order valence-electron chi connectivity index (χ2n) is 5.07. The third-order valence-electron chi connectivity index (χ3n) is 3.38. The summed E-state index contributed by atoms with van der Waals surface area (Å²) in [6, 6.07) is 11.9. The maximum atomic E-state index is 11.8. The van der Waals surface area contributed by atoms with Gasteiger partial charge in [0.1, 0.15) is 5.75 Å². The van der Waals surface area contributed by atoms with Crippen molar-refractivity contribution in [3.63, 3.8) is 0 Å². The number of benzene rings is 2. The highest BCUT2D eigenvalue weighted by Gasteiger charge is 2.07. The quantitative estimate of drug-likeness (QED) is 0.681. The summed E-state index contributed by atoms with van der Waals surface area (Å²) in [6.07, 6.45) is 0.650. The molecule has 6 nitrogen and oxygen atoms in total. The second-order valence-corrected chi connectivity index (χ2v) is 5.07. The van der Waals surface area contributed by atoms with Crippen LogP contribution in [0.1, 0.15) is 12.5 Å². The van der Waals surface area contributed by atoms with E-state index in [4.69, 9.17) is 9.47 Å². The Morgan fingerprint density at radius 1 is 1.17 bits per heavy atom. The predicted octanol–water partition coefficient (Wildman–Crippen LogP) is 3.16. The van der Waals surface area contributed by atoms with Crippen LogP contribution >= 0.6 is 0 Å². The number of phenols is 1. The smallest absolute Gasteiger partial charge is 0.319 e. The zero-order valence-electron chi connectivity index (χ0n) is 13.8. The average molecular weight is 330 g/mol. The number of para-hydroxylation sites is 2. The van der Waals surface area contributed by atoms with E-state index in [0.717, 1.165) is 5.56 Å². The lowest BCUT2D eigenvalue weighted by atomic mass is 10.1. The summed E-state index contributed by atoms with van der Waals surface area (Å²) in [5, 5.41) is 15.0. The van der Waals surface area contributed by atoms with Gasteiger partial charge in [0.15, 0.2) is 11.5 Å². The van der Waals surface area contributed by atoms with Gasteiger partial charge in [0.05, 0.1) is 19.4 Å². The molecule has 0 aliphatic heterocycles. The van der Waals surface area contributed by atoms with Gasteiger partial charge in [0.2, 0.25) is 0 Å². The first-order valence-electron chi connectivity index (χ1n) is 7.76. The molecule has 0 saturated carbocycles. The van der Waals surface area contributed by atoms with E-state index in [-0.39, 0.29) is 11.8 Å². The van der Waals surface area contributed by atoms with E-state index >= 15 is 0 Å². The van der Waals surface area contributed by atoms with Gasteiger partial charge in [-0.1, -0.05) is 18.2 Å². The molecular weight excluding hydrogens is 308 g/mol. The Kier molecular flexibility index (Phi) is 6.31. The Morgan fingerprint density at radius 3 is 2.67 bits per heavy atom. The zero-order chi connectivity index (χ0) is 17.4. The molecule has 0 aliphatic rings. The Morgan fingerprint density at radius 2 is 1.96 bits per heavy atom. The molecule has 3 N–H and O–H groups in total. The lowest BCUT2D eigenvalue weighted by Gasteiger charge is -2.12. The van der Waals surface area contributed by atoms with Crippen LogP contribution in [0.4, 0.5) is 10.5 Å². The van der Waals surface area contributed by atoms with E-state index in [0.29, 0.717) is 36.8 Å². The molecule has 0 bridgehead atoms. The van der Waals surface area contributed by atoms with E-state index in [1.165, 1.54) is 6.07 Å². The first-order valence-corrected chi connectivity index (χ1v) is 7.76. The number of hydrogen-bond donors (Lipinski definition) is 3. The highest BCUT2D eigenvalue weighted by atomic mass is 16.5. The van der Waals surface area contributed by atoms with Crippen molar-refractivity contribution in [2.75, 3.05) is 25.6 Å². The third kappa shape index (κ3) is 4.81. The summed E-state index contributed by atoms with van der Waals surface area (Å²) in [6.45, 7) is 2.95. The van der Waals surface area contributed by atoms with Gasteiger partial charge in [-0.15, -0.1) is 0 Å². The lowest BCUT2D eigenvalue weighted by molar-refractivity contribution is 0.252. The number of carbonyl (C=O) groups excluding carboxylic acids is 1. The van der Waals surface area contributed by atoms with Gasteiger partial charge < -0.3 is 25.2 Å². The zero-order valence-corrected chi connectivity index (χ0v) is 13.8. The minimum Gasteiger partial charge on any atom is -0.506 e. The summed E-state index contributed by atoms with van der Waals surface area (Å²) in [4.78, 5) is 11.8. The van der Waals surface area contributed by atoms with Crippen LogP contribution < -0.4 is 20.1 Å². The van der Waals surface area contributed by atoms with Crippen molar-refractivity contribution < 1.29 is 19.4 Å². The number of urea groups is 1. The Balaban J connectivity index is 1.85. The molecular formula is C18H22N2O4. The van der Waals surface area contributed by atoms with E-state index in [1.807, 2.05) is 25.1 Å². The van der Waals surface area contributed by atoms with Gasteiger partial charge in [-0.3, -0.25) is 0 Å². The van der Waals surface area contributed by atoms with Gasteiger partial charge >= 0.3 is 6.03 Å². The minimum atomic E-state index is -0.366. The van der Waals surface area contributed by atoms with Crippen LogP contribution in [0.15, 0.2) is 42.5 Å². The standard InChI is InChI=1S/C18H22N2O4/c1-3-24-16-9-8-13(12-17(16)23-2)10-11-19-18(22)20-14-6-4-5-7-15(14)21/h4-9,12,21H,3,10-11H2,1-2H3,(H2,19,20,22). The highest BCUT2D eigenvalue weighted by Crippen LogP contribution is 2.28. The normalized spacial score (nSPS) is 10.1. The van der Waals surface area contributed by atoms with Crippen LogP contribution in [-0.4, -0.2) is 31.4 Å². The van der Waals surface area contributed by atoms with Crippen molar-refractivity contribution >= 4 is 11.7 Å². The van der Waals surface area contributed by atoms with Crippen molar-refractivity contribution in [1.29, 1.82) is 0 Å². The molecule has 0 heterocycles. The fourth-order valence-corrected chi connectivity index (χ4v) is 2.21. The lowest BCUT2D eigenvalue weighted by Crippen LogP contribution is -2.30. The monoisotopic (exact) mass is 330 g/mol. The van der Waals surface area contributed by atoms with Crippen molar-refractivity contribution in [3.8, 4) is 17.2 Å². The Bertz CT molecular complexity index is 688. The number of hydrogen-bond acceptors (Lipinski definition) is 4. The SMILES string of the molecule is CCOc1ccc(CCNC(=O)Nc2ccccc2O)cc1OC. The van der Waals surface area contributed by atoms with E-state index in [9.17, 15) is 9.90 Å². The molecule has 24 heavy (non-hydrogen) atoms. The van der Waals surface area contributed by atoms with Crippen LogP contribution in [0, 0.1) is 0 Å². The predicted molar refractivity (Wildman–Crippen MR) is 93.0 cm³/mol. The molecule has 0 spiro atoms. The number of phenolic OH excluding ortho intramolecular Hbond substituents is 1. The molecule has 2 amide bonds. The number of aromatic hydroxyl groups is 1. The maximum Gasteiger partial charge on any atom is 0.319 e.